The minimum atomic E-state index is -3.99. The van der Waals surface area contributed by atoms with E-state index in [0.29, 0.717) is 5.02 Å². The van der Waals surface area contributed by atoms with E-state index in [1.54, 1.807) is 24.3 Å². The first-order chi connectivity index (χ1) is 11.7. The number of hydrogen-bond acceptors (Lipinski definition) is 3. The molecule has 9 heteroatoms. The van der Waals surface area contributed by atoms with Crippen molar-refractivity contribution in [1.29, 1.82) is 0 Å². The van der Waals surface area contributed by atoms with Crippen LogP contribution in [0.25, 0.3) is 0 Å². The Labute approximate surface area is 161 Å². The van der Waals surface area contributed by atoms with Crippen LogP contribution in [0.2, 0.25) is 15.1 Å². The van der Waals surface area contributed by atoms with Crippen LogP contribution < -0.4 is 10.0 Å². The average Bonchev–Trinajstić information content (AvgIpc) is 2.55. The fraction of sp³-hybridized carbons (Fsp3) is 0.188. The molecule has 2 rings (SSSR count). The van der Waals surface area contributed by atoms with E-state index in [4.69, 9.17) is 34.8 Å². The lowest BCUT2D eigenvalue weighted by Crippen LogP contribution is -2.44. The molecule has 0 aliphatic carbocycles. The number of rotatable bonds is 6. The minimum Gasteiger partial charge on any atom is -0.351 e. The van der Waals surface area contributed by atoms with Crippen LogP contribution in [0, 0.1) is 0 Å². The Balaban J connectivity index is 2.02. The number of halogens is 3. The maximum Gasteiger partial charge on any atom is 0.242 e. The first-order valence-corrected chi connectivity index (χ1v) is 9.80. The third-order valence-electron chi connectivity index (χ3n) is 3.29. The average molecular weight is 422 g/mol. The van der Waals surface area contributed by atoms with Gasteiger partial charge in [0.25, 0.3) is 0 Å². The molecule has 2 N–H and O–H groups in total. The fourth-order valence-corrected chi connectivity index (χ4v) is 4.07. The van der Waals surface area contributed by atoms with Crippen LogP contribution in [0.5, 0.6) is 0 Å². The molecule has 0 radical (unpaired) electrons. The van der Waals surface area contributed by atoms with Gasteiger partial charge in [-0.3, -0.25) is 4.79 Å². The summed E-state index contributed by atoms with van der Waals surface area (Å²) in [7, 11) is -3.99. The summed E-state index contributed by atoms with van der Waals surface area (Å²) in [5.74, 6) is -0.475. The molecule has 1 amide bonds. The van der Waals surface area contributed by atoms with Crippen LogP contribution in [-0.4, -0.2) is 20.4 Å². The Morgan fingerprint density at radius 1 is 1.04 bits per heavy atom. The highest BCUT2D eigenvalue weighted by atomic mass is 35.5. The maximum atomic E-state index is 12.4. The van der Waals surface area contributed by atoms with E-state index in [-0.39, 0.29) is 21.5 Å². The van der Waals surface area contributed by atoms with Crippen LogP contribution >= 0.6 is 34.8 Å². The van der Waals surface area contributed by atoms with Gasteiger partial charge < -0.3 is 5.32 Å². The van der Waals surface area contributed by atoms with Crippen LogP contribution in [0.15, 0.2) is 47.4 Å². The Kier molecular flexibility index (Phi) is 6.71. The van der Waals surface area contributed by atoms with Gasteiger partial charge in [-0.25, -0.2) is 8.42 Å². The van der Waals surface area contributed by atoms with Crippen molar-refractivity contribution in [2.45, 2.75) is 24.4 Å². The zero-order valence-corrected chi connectivity index (χ0v) is 16.2. The fourth-order valence-electron chi connectivity index (χ4n) is 1.98. The Morgan fingerprint density at radius 2 is 1.64 bits per heavy atom. The van der Waals surface area contributed by atoms with Gasteiger partial charge in [-0.15, -0.1) is 0 Å². The third kappa shape index (κ3) is 5.59. The van der Waals surface area contributed by atoms with Crippen molar-refractivity contribution in [3.05, 3.63) is 63.1 Å². The van der Waals surface area contributed by atoms with Gasteiger partial charge in [0.2, 0.25) is 15.9 Å². The number of amides is 1. The molecule has 0 aliphatic rings. The van der Waals surface area contributed by atoms with E-state index in [1.165, 1.54) is 25.1 Å². The number of benzene rings is 2. The lowest BCUT2D eigenvalue weighted by molar-refractivity contribution is -0.122. The highest BCUT2D eigenvalue weighted by Gasteiger charge is 2.24. The van der Waals surface area contributed by atoms with Crippen molar-refractivity contribution in [3.63, 3.8) is 0 Å². The number of carbonyl (C=O) groups is 1. The molecule has 2 aromatic rings. The molecule has 0 aromatic heterocycles. The van der Waals surface area contributed by atoms with Gasteiger partial charge in [-0.2, -0.15) is 4.72 Å². The number of nitrogens with one attached hydrogen (secondary N) is 2. The van der Waals surface area contributed by atoms with Crippen LogP contribution in [-0.2, 0) is 21.4 Å². The van der Waals surface area contributed by atoms with Crippen LogP contribution in [0.3, 0.4) is 0 Å². The summed E-state index contributed by atoms with van der Waals surface area (Å²) < 4.78 is 27.0. The molecule has 134 valence electrons. The number of hydrogen-bond donors (Lipinski definition) is 2. The van der Waals surface area contributed by atoms with E-state index in [0.717, 1.165) is 5.56 Å². The first kappa shape index (κ1) is 20.0. The molecule has 25 heavy (non-hydrogen) atoms. The van der Waals surface area contributed by atoms with Gasteiger partial charge in [0.15, 0.2) is 0 Å². The Morgan fingerprint density at radius 3 is 2.28 bits per heavy atom. The van der Waals surface area contributed by atoms with Crippen LogP contribution in [0.4, 0.5) is 0 Å². The largest absolute Gasteiger partial charge is 0.351 e. The maximum absolute atomic E-state index is 12.4. The highest BCUT2D eigenvalue weighted by molar-refractivity contribution is 7.89. The van der Waals surface area contributed by atoms with Gasteiger partial charge >= 0.3 is 0 Å². The van der Waals surface area contributed by atoms with E-state index in [1.807, 2.05) is 0 Å². The second-order valence-corrected chi connectivity index (χ2v) is 8.22. The standard InChI is InChI=1S/C16H15Cl3N2O3S/c1-10(16(22)20-9-11-2-4-12(17)5-3-11)21-25(23,24)15-8-13(18)6-7-14(15)19/h2-8,10,21H,9H2,1H3,(H,20,22)/t10-/m1/s1. The topological polar surface area (TPSA) is 75.3 Å². The van der Waals surface area contributed by atoms with E-state index in [2.05, 4.69) is 10.0 Å². The Bertz CT molecular complexity index is 871. The van der Waals surface area contributed by atoms with E-state index < -0.39 is 22.0 Å². The van der Waals surface area contributed by atoms with Gasteiger partial charge in [-0.05, 0) is 42.8 Å². The normalized spacial score (nSPS) is 12.6. The van der Waals surface area contributed by atoms with Gasteiger partial charge in [0.05, 0.1) is 11.1 Å². The van der Waals surface area contributed by atoms with Gasteiger partial charge in [0, 0.05) is 16.6 Å². The summed E-state index contributed by atoms with van der Waals surface area (Å²) >= 11 is 17.5. The van der Waals surface area contributed by atoms with E-state index >= 15 is 0 Å². The van der Waals surface area contributed by atoms with Crippen molar-refractivity contribution in [3.8, 4) is 0 Å². The molecule has 0 saturated heterocycles. The summed E-state index contributed by atoms with van der Waals surface area (Å²) in [6, 6.07) is 10.0. The summed E-state index contributed by atoms with van der Waals surface area (Å²) in [5, 5.41) is 3.49. The molecule has 0 fully saturated rings. The molecule has 0 spiro atoms. The lowest BCUT2D eigenvalue weighted by Gasteiger charge is -2.15. The van der Waals surface area contributed by atoms with Crippen molar-refractivity contribution in [2.24, 2.45) is 0 Å². The lowest BCUT2D eigenvalue weighted by atomic mass is 10.2. The van der Waals surface area contributed by atoms with Gasteiger partial charge in [-0.1, -0.05) is 46.9 Å². The quantitative estimate of drug-likeness (QED) is 0.748. The molecule has 5 nitrogen and oxygen atoms in total. The molecule has 0 saturated carbocycles. The van der Waals surface area contributed by atoms with E-state index in [9.17, 15) is 13.2 Å². The van der Waals surface area contributed by atoms with Crippen molar-refractivity contribution in [1.82, 2.24) is 10.0 Å². The summed E-state index contributed by atoms with van der Waals surface area (Å²) in [5.41, 5.74) is 0.839. The monoisotopic (exact) mass is 420 g/mol. The zero-order chi connectivity index (χ0) is 18.6. The molecule has 2 aromatic carbocycles. The van der Waals surface area contributed by atoms with Crippen LogP contribution in [0.1, 0.15) is 12.5 Å². The molecule has 0 unspecified atom stereocenters. The summed E-state index contributed by atoms with van der Waals surface area (Å²) in [4.78, 5) is 11.9. The molecular formula is C16H15Cl3N2O3S. The summed E-state index contributed by atoms with van der Waals surface area (Å²) in [6.07, 6.45) is 0. The van der Waals surface area contributed by atoms with Crippen molar-refractivity contribution in [2.75, 3.05) is 0 Å². The SMILES string of the molecule is C[C@@H](NS(=O)(=O)c1cc(Cl)ccc1Cl)C(=O)NCc1ccc(Cl)cc1. The number of sulfonamides is 1. The predicted octanol–water partition coefficient (Wildman–Crippen LogP) is 3.63. The second-order valence-electron chi connectivity index (χ2n) is 5.26. The third-order valence-corrected chi connectivity index (χ3v) is 5.80. The highest BCUT2D eigenvalue weighted by Crippen LogP contribution is 2.25. The molecule has 0 aliphatic heterocycles. The summed E-state index contributed by atoms with van der Waals surface area (Å²) in [6.45, 7) is 1.69. The molecular weight excluding hydrogens is 407 g/mol. The number of carbonyl (C=O) groups excluding carboxylic acids is 1. The predicted molar refractivity (Wildman–Crippen MR) is 99.5 cm³/mol. The van der Waals surface area contributed by atoms with Crippen molar-refractivity contribution >= 4 is 50.7 Å². The first-order valence-electron chi connectivity index (χ1n) is 7.18. The molecule has 1 atom stereocenters. The molecule has 0 heterocycles. The van der Waals surface area contributed by atoms with Crippen molar-refractivity contribution < 1.29 is 13.2 Å². The smallest absolute Gasteiger partial charge is 0.242 e. The molecule has 0 bridgehead atoms. The zero-order valence-electron chi connectivity index (χ0n) is 13.1. The Hall–Kier alpha value is -1.31. The van der Waals surface area contributed by atoms with Gasteiger partial charge in [0.1, 0.15) is 4.90 Å². The minimum absolute atomic E-state index is 0.0191. The second kappa shape index (κ2) is 8.38.